The van der Waals surface area contributed by atoms with Crippen molar-refractivity contribution in [2.24, 2.45) is 0 Å². The van der Waals surface area contributed by atoms with Crippen LogP contribution in [0.15, 0.2) is 24.3 Å². The molecule has 1 rings (SSSR count). The van der Waals surface area contributed by atoms with Gasteiger partial charge in [0, 0.05) is 12.0 Å². The molecule has 0 aromatic heterocycles. The lowest BCUT2D eigenvalue weighted by atomic mass is 10.2. The van der Waals surface area contributed by atoms with Crippen molar-refractivity contribution in [2.45, 2.75) is 13.3 Å². The zero-order valence-corrected chi connectivity index (χ0v) is 9.24. The molecule has 5 heteroatoms. The van der Waals surface area contributed by atoms with Crippen molar-refractivity contribution in [3.63, 3.8) is 0 Å². The van der Waals surface area contributed by atoms with Crippen LogP contribution in [0.5, 0.6) is 5.75 Å². The fourth-order valence-corrected chi connectivity index (χ4v) is 1.03. The van der Waals surface area contributed by atoms with Gasteiger partial charge in [0.2, 0.25) is 5.91 Å². The van der Waals surface area contributed by atoms with E-state index >= 15 is 0 Å². The van der Waals surface area contributed by atoms with Crippen molar-refractivity contribution in [3.05, 3.63) is 29.8 Å². The standard InChI is InChI=1S/C11H14N2O3/c1-3-10(14)12-13-11(15)8-4-6-9(16-2)7-5-8/h4-7H,3H2,1-2H3,(H,12,14)(H,13,15). The Balaban J connectivity index is 2.56. The van der Waals surface area contributed by atoms with E-state index in [4.69, 9.17) is 4.74 Å². The highest BCUT2D eigenvalue weighted by Gasteiger charge is 2.05. The molecule has 2 N–H and O–H groups in total. The van der Waals surface area contributed by atoms with Crippen LogP contribution >= 0.6 is 0 Å². The van der Waals surface area contributed by atoms with E-state index in [2.05, 4.69) is 10.9 Å². The van der Waals surface area contributed by atoms with E-state index in [1.54, 1.807) is 38.3 Å². The minimum atomic E-state index is -0.357. The zero-order chi connectivity index (χ0) is 12.0. The highest BCUT2D eigenvalue weighted by Crippen LogP contribution is 2.10. The first kappa shape index (κ1) is 12.0. The van der Waals surface area contributed by atoms with Gasteiger partial charge >= 0.3 is 0 Å². The van der Waals surface area contributed by atoms with Crippen LogP contribution in [-0.2, 0) is 4.79 Å². The average molecular weight is 222 g/mol. The molecule has 0 aliphatic heterocycles. The minimum Gasteiger partial charge on any atom is -0.497 e. The van der Waals surface area contributed by atoms with Crippen LogP contribution in [0.2, 0.25) is 0 Å². The van der Waals surface area contributed by atoms with Gasteiger partial charge < -0.3 is 4.74 Å². The van der Waals surface area contributed by atoms with Crippen molar-refractivity contribution in [3.8, 4) is 5.75 Å². The van der Waals surface area contributed by atoms with Gasteiger partial charge in [0.05, 0.1) is 7.11 Å². The molecule has 1 aromatic carbocycles. The van der Waals surface area contributed by atoms with E-state index in [0.717, 1.165) is 0 Å². The van der Waals surface area contributed by atoms with Crippen molar-refractivity contribution < 1.29 is 14.3 Å². The summed E-state index contributed by atoms with van der Waals surface area (Å²) in [6.07, 6.45) is 0.322. The summed E-state index contributed by atoms with van der Waals surface area (Å²) < 4.78 is 4.96. The first-order valence-electron chi connectivity index (χ1n) is 4.90. The van der Waals surface area contributed by atoms with Crippen molar-refractivity contribution in [2.75, 3.05) is 7.11 Å². The number of carbonyl (C=O) groups is 2. The molecule has 16 heavy (non-hydrogen) atoms. The predicted molar refractivity (Wildman–Crippen MR) is 58.9 cm³/mol. The summed E-state index contributed by atoms with van der Waals surface area (Å²) in [7, 11) is 1.55. The zero-order valence-electron chi connectivity index (χ0n) is 9.24. The van der Waals surface area contributed by atoms with Crippen LogP contribution in [0, 0.1) is 0 Å². The molecule has 0 heterocycles. The van der Waals surface area contributed by atoms with E-state index < -0.39 is 0 Å². The van der Waals surface area contributed by atoms with Crippen molar-refractivity contribution in [1.29, 1.82) is 0 Å². The van der Waals surface area contributed by atoms with Gasteiger partial charge in [-0.05, 0) is 24.3 Å². The van der Waals surface area contributed by atoms with Crippen molar-refractivity contribution >= 4 is 11.8 Å². The summed E-state index contributed by atoms with van der Waals surface area (Å²) in [5, 5.41) is 0. The molecule has 0 saturated carbocycles. The summed E-state index contributed by atoms with van der Waals surface area (Å²) in [6, 6.07) is 6.59. The number of hydrogen-bond acceptors (Lipinski definition) is 3. The first-order chi connectivity index (χ1) is 7.67. The Hall–Kier alpha value is -2.04. The Bertz CT molecular complexity index is 373. The van der Waals surface area contributed by atoms with E-state index in [1.165, 1.54) is 0 Å². The lowest BCUT2D eigenvalue weighted by molar-refractivity contribution is -0.121. The molecule has 0 spiro atoms. The molecule has 0 saturated heterocycles. The molecule has 1 aromatic rings. The lowest BCUT2D eigenvalue weighted by Crippen LogP contribution is -2.41. The van der Waals surface area contributed by atoms with Gasteiger partial charge in [0.1, 0.15) is 5.75 Å². The molecule has 0 aliphatic rings. The fraction of sp³-hybridized carbons (Fsp3) is 0.273. The molecular formula is C11H14N2O3. The lowest BCUT2D eigenvalue weighted by Gasteiger charge is -2.06. The molecule has 0 fully saturated rings. The Labute approximate surface area is 93.8 Å². The van der Waals surface area contributed by atoms with Gasteiger partial charge in [-0.15, -0.1) is 0 Å². The summed E-state index contributed by atoms with van der Waals surface area (Å²) in [5.74, 6) is 0.0838. The molecule has 5 nitrogen and oxygen atoms in total. The number of ether oxygens (including phenoxy) is 1. The van der Waals surface area contributed by atoms with Crippen LogP contribution in [-0.4, -0.2) is 18.9 Å². The van der Waals surface area contributed by atoms with Gasteiger partial charge in [0.15, 0.2) is 0 Å². The maximum absolute atomic E-state index is 11.5. The largest absolute Gasteiger partial charge is 0.497 e. The molecule has 2 amide bonds. The molecule has 0 unspecified atom stereocenters. The number of amides is 2. The molecule has 0 aliphatic carbocycles. The molecule has 86 valence electrons. The smallest absolute Gasteiger partial charge is 0.269 e. The summed E-state index contributed by atoms with van der Waals surface area (Å²) in [6.45, 7) is 1.70. The number of methoxy groups -OCH3 is 1. The number of hydrazine groups is 1. The third-order valence-corrected chi connectivity index (χ3v) is 1.99. The molecule has 0 radical (unpaired) electrons. The maximum Gasteiger partial charge on any atom is 0.269 e. The van der Waals surface area contributed by atoms with Gasteiger partial charge in [0.25, 0.3) is 5.91 Å². The second-order valence-corrected chi connectivity index (χ2v) is 3.08. The van der Waals surface area contributed by atoms with E-state index in [1.807, 2.05) is 0 Å². The van der Waals surface area contributed by atoms with Crippen LogP contribution in [0.4, 0.5) is 0 Å². The molecule has 0 bridgehead atoms. The van der Waals surface area contributed by atoms with E-state index in [9.17, 15) is 9.59 Å². The Morgan fingerprint density at radius 2 is 1.81 bits per heavy atom. The van der Waals surface area contributed by atoms with Crippen LogP contribution in [0.3, 0.4) is 0 Å². The van der Waals surface area contributed by atoms with Crippen LogP contribution in [0.1, 0.15) is 23.7 Å². The van der Waals surface area contributed by atoms with E-state index in [0.29, 0.717) is 17.7 Å². The average Bonchev–Trinajstić information content (AvgIpc) is 2.35. The number of carbonyl (C=O) groups excluding carboxylic acids is 2. The van der Waals surface area contributed by atoms with Crippen LogP contribution in [0.25, 0.3) is 0 Å². The fourth-order valence-electron chi connectivity index (χ4n) is 1.03. The summed E-state index contributed by atoms with van der Waals surface area (Å²) >= 11 is 0. The SMILES string of the molecule is CCC(=O)NNC(=O)c1ccc(OC)cc1. The van der Waals surface area contributed by atoms with Gasteiger partial charge in [-0.2, -0.15) is 0 Å². The van der Waals surface area contributed by atoms with Gasteiger partial charge in [-0.25, -0.2) is 0 Å². The Morgan fingerprint density at radius 3 is 2.31 bits per heavy atom. The van der Waals surface area contributed by atoms with Crippen LogP contribution < -0.4 is 15.6 Å². The third kappa shape index (κ3) is 3.27. The van der Waals surface area contributed by atoms with E-state index in [-0.39, 0.29) is 11.8 Å². The number of rotatable bonds is 3. The summed E-state index contributed by atoms with van der Waals surface area (Å²) in [4.78, 5) is 22.4. The Morgan fingerprint density at radius 1 is 1.19 bits per heavy atom. The highest BCUT2D eigenvalue weighted by atomic mass is 16.5. The second kappa shape index (κ2) is 5.75. The number of hydrogen-bond donors (Lipinski definition) is 2. The monoisotopic (exact) mass is 222 g/mol. The quantitative estimate of drug-likeness (QED) is 0.745. The molecule has 0 atom stereocenters. The van der Waals surface area contributed by atoms with Crippen molar-refractivity contribution in [1.82, 2.24) is 10.9 Å². The topological polar surface area (TPSA) is 67.4 Å². The highest BCUT2D eigenvalue weighted by molar-refractivity contribution is 5.95. The maximum atomic E-state index is 11.5. The summed E-state index contributed by atoms with van der Waals surface area (Å²) in [5.41, 5.74) is 5.05. The first-order valence-corrected chi connectivity index (χ1v) is 4.90. The third-order valence-electron chi connectivity index (χ3n) is 1.99. The number of benzene rings is 1. The second-order valence-electron chi connectivity index (χ2n) is 3.08. The Kier molecular flexibility index (Phi) is 4.32. The normalized spacial score (nSPS) is 9.38. The predicted octanol–water partition coefficient (Wildman–Crippen LogP) is 0.866. The molecular weight excluding hydrogens is 208 g/mol. The number of nitrogens with one attached hydrogen (secondary N) is 2. The van der Waals surface area contributed by atoms with Gasteiger partial charge in [-0.1, -0.05) is 6.92 Å². The minimum absolute atomic E-state index is 0.234. The van der Waals surface area contributed by atoms with Gasteiger partial charge in [-0.3, -0.25) is 20.4 Å².